The van der Waals surface area contributed by atoms with Gasteiger partial charge in [0.25, 0.3) is 0 Å². The van der Waals surface area contributed by atoms with Crippen molar-refractivity contribution in [2.45, 2.75) is 71.4 Å². The molecule has 3 aromatic rings. The first-order valence-corrected chi connectivity index (χ1v) is 17.1. The van der Waals surface area contributed by atoms with Crippen LogP contribution < -0.4 is 4.74 Å². The standard InChI is InChI=1S/C35H44N6O3S/c1-22(2)33(36)45-34(37)24-4-6-29(7-5-24)44-31-18-30-26(17-27(31)21-41-20-23(3)16-32(41)42)19-38-35(39-30)25-8-12-40(13-9-25)28-10-14-43-15-11-28/h4-7,17-19,22-23,25,28,36-37H,8-16,20-21H2,1-3H3/t23-/m0/s1. The Balaban J connectivity index is 1.23. The number of carbonyl (C=O) groups excluding carboxylic acids is 1. The lowest BCUT2D eigenvalue weighted by Crippen LogP contribution is -2.43. The van der Waals surface area contributed by atoms with Crippen LogP contribution in [0, 0.1) is 22.7 Å². The van der Waals surface area contributed by atoms with Gasteiger partial charge in [-0.2, -0.15) is 0 Å². The Bertz CT molecular complexity index is 1550. The van der Waals surface area contributed by atoms with Gasteiger partial charge in [-0.3, -0.25) is 15.6 Å². The molecule has 0 unspecified atom stereocenters. The highest BCUT2D eigenvalue weighted by atomic mass is 32.2. The third-order valence-corrected chi connectivity index (χ3v) is 10.4. The van der Waals surface area contributed by atoms with Crippen LogP contribution in [-0.4, -0.2) is 74.7 Å². The smallest absolute Gasteiger partial charge is 0.223 e. The van der Waals surface area contributed by atoms with E-state index in [0.717, 1.165) is 86.4 Å². The highest BCUT2D eigenvalue weighted by Gasteiger charge is 2.30. The van der Waals surface area contributed by atoms with E-state index in [1.807, 2.05) is 55.3 Å². The second kappa shape index (κ2) is 14.0. The van der Waals surface area contributed by atoms with Crippen molar-refractivity contribution in [3.63, 3.8) is 0 Å². The van der Waals surface area contributed by atoms with Gasteiger partial charge in [0.2, 0.25) is 5.91 Å². The molecule has 0 bridgehead atoms. The summed E-state index contributed by atoms with van der Waals surface area (Å²) in [6.07, 6.45) is 6.85. The largest absolute Gasteiger partial charge is 0.457 e. The molecule has 1 aromatic heterocycles. The Morgan fingerprint density at radius 2 is 1.82 bits per heavy atom. The first-order valence-electron chi connectivity index (χ1n) is 16.3. The Morgan fingerprint density at radius 1 is 1.09 bits per heavy atom. The molecule has 3 saturated heterocycles. The average Bonchev–Trinajstić information content (AvgIpc) is 3.37. The molecule has 238 valence electrons. The number of hydrogen-bond acceptors (Lipinski definition) is 9. The molecule has 3 fully saturated rings. The van der Waals surface area contributed by atoms with Gasteiger partial charge in [-0.05, 0) is 75.0 Å². The van der Waals surface area contributed by atoms with Crippen molar-refractivity contribution in [3.8, 4) is 11.5 Å². The number of hydrogen-bond donors (Lipinski definition) is 2. The Kier molecular flexibility index (Phi) is 9.82. The first-order chi connectivity index (χ1) is 21.7. The van der Waals surface area contributed by atoms with Crippen molar-refractivity contribution >= 4 is 38.7 Å². The Hall–Kier alpha value is -3.34. The number of fused-ring (bicyclic) bond motifs is 1. The molecule has 1 atom stereocenters. The molecule has 0 saturated carbocycles. The molecule has 9 nitrogen and oxygen atoms in total. The maximum atomic E-state index is 12.7. The highest BCUT2D eigenvalue weighted by molar-refractivity contribution is 8.26. The minimum absolute atomic E-state index is 0.0870. The number of nitrogens with zero attached hydrogens (tertiary/aromatic N) is 4. The van der Waals surface area contributed by atoms with E-state index >= 15 is 0 Å². The lowest BCUT2D eigenvalue weighted by atomic mass is 9.93. The molecular formula is C35H44N6O3S. The molecule has 45 heavy (non-hydrogen) atoms. The summed E-state index contributed by atoms with van der Waals surface area (Å²) in [4.78, 5) is 27.1. The molecule has 0 radical (unpaired) electrons. The van der Waals surface area contributed by atoms with Crippen molar-refractivity contribution in [1.82, 2.24) is 19.8 Å². The second-order valence-electron chi connectivity index (χ2n) is 13.1. The molecule has 4 heterocycles. The van der Waals surface area contributed by atoms with E-state index in [2.05, 4.69) is 17.9 Å². The number of ether oxygens (including phenoxy) is 2. The number of piperidine rings is 1. The fraction of sp³-hybridized carbons (Fsp3) is 0.514. The number of nitrogens with one attached hydrogen (secondary N) is 2. The summed E-state index contributed by atoms with van der Waals surface area (Å²) in [6.45, 7) is 11.1. The summed E-state index contributed by atoms with van der Waals surface area (Å²) in [7, 11) is 0. The van der Waals surface area contributed by atoms with Crippen LogP contribution in [-0.2, 0) is 16.1 Å². The highest BCUT2D eigenvalue weighted by Crippen LogP contribution is 2.34. The van der Waals surface area contributed by atoms with E-state index in [1.165, 1.54) is 11.8 Å². The zero-order valence-corrected chi connectivity index (χ0v) is 27.4. The van der Waals surface area contributed by atoms with Crippen LogP contribution in [0.2, 0.25) is 0 Å². The maximum absolute atomic E-state index is 12.7. The summed E-state index contributed by atoms with van der Waals surface area (Å²) in [6, 6.07) is 12.1. The van der Waals surface area contributed by atoms with E-state index < -0.39 is 0 Å². The van der Waals surface area contributed by atoms with E-state index in [0.29, 0.717) is 52.4 Å². The molecule has 3 aliphatic rings. The van der Waals surface area contributed by atoms with Crippen molar-refractivity contribution in [2.75, 3.05) is 32.8 Å². The molecule has 2 N–H and O–H groups in total. The van der Waals surface area contributed by atoms with Crippen LogP contribution in [0.15, 0.2) is 42.6 Å². The van der Waals surface area contributed by atoms with Crippen molar-refractivity contribution in [3.05, 3.63) is 59.5 Å². The summed E-state index contributed by atoms with van der Waals surface area (Å²) < 4.78 is 12.0. The van der Waals surface area contributed by atoms with Crippen LogP contribution in [0.1, 0.15) is 75.7 Å². The number of likely N-dealkylation sites (tertiary alicyclic amines) is 2. The summed E-state index contributed by atoms with van der Waals surface area (Å²) >= 11 is 1.18. The Labute approximate surface area is 270 Å². The Morgan fingerprint density at radius 3 is 2.49 bits per heavy atom. The zero-order valence-electron chi connectivity index (χ0n) is 26.6. The van der Waals surface area contributed by atoms with Crippen molar-refractivity contribution < 1.29 is 14.3 Å². The maximum Gasteiger partial charge on any atom is 0.223 e. The first kappa shape index (κ1) is 31.6. The molecule has 6 rings (SSSR count). The van der Waals surface area contributed by atoms with Crippen LogP contribution >= 0.6 is 11.8 Å². The fourth-order valence-corrected chi connectivity index (χ4v) is 7.24. The summed E-state index contributed by atoms with van der Waals surface area (Å²) in [5, 5.41) is 18.3. The van der Waals surface area contributed by atoms with Gasteiger partial charge in [0.15, 0.2) is 0 Å². The number of carbonyl (C=O) groups is 1. The summed E-state index contributed by atoms with van der Waals surface area (Å²) in [5.41, 5.74) is 2.51. The summed E-state index contributed by atoms with van der Waals surface area (Å²) in [5.74, 6) is 3.13. The van der Waals surface area contributed by atoms with E-state index in [1.54, 1.807) is 0 Å². The van der Waals surface area contributed by atoms with Gasteiger partial charge in [-0.25, -0.2) is 9.97 Å². The van der Waals surface area contributed by atoms with Crippen molar-refractivity contribution in [2.24, 2.45) is 11.8 Å². The number of aromatic nitrogens is 2. The topological polar surface area (TPSA) is 115 Å². The van der Waals surface area contributed by atoms with Gasteiger partial charge in [-0.1, -0.05) is 32.5 Å². The lowest BCUT2D eigenvalue weighted by Gasteiger charge is -2.38. The number of benzene rings is 2. The number of rotatable bonds is 8. The van der Waals surface area contributed by atoms with Gasteiger partial charge in [0, 0.05) is 79.4 Å². The molecule has 3 aliphatic heterocycles. The number of thioether (sulfide) groups is 1. The molecular weight excluding hydrogens is 584 g/mol. The predicted octanol–water partition coefficient (Wildman–Crippen LogP) is 6.84. The fourth-order valence-electron chi connectivity index (χ4n) is 6.53. The van der Waals surface area contributed by atoms with E-state index in [-0.39, 0.29) is 11.8 Å². The zero-order chi connectivity index (χ0) is 31.5. The van der Waals surface area contributed by atoms with Gasteiger partial charge in [0.05, 0.1) is 10.6 Å². The van der Waals surface area contributed by atoms with E-state index in [9.17, 15) is 4.79 Å². The number of amides is 1. The van der Waals surface area contributed by atoms with Crippen LogP contribution in [0.4, 0.5) is 0 Å². The molecule has 0 spiro atoms. The van der Waals surface area contributed by atoms with Gasteiger partial charge in [-0.15, -0.1) is 0 Å². The minimum atomic E-state index is 0.0870. The van der Waals surface area contributed by atoms with Crippen molar-refractivity contribution in [1.29, 1.82) is 10.8 Å². The molecule has 2 aromatic carbocycles. The SMILES string of the molecule is CC(C)C(=N)SC(=N)c1ccc(Oc2cc3nc(C4CCN(C5CCOCC5)CC4)ncc3cc2CN2C[C@@H](C)CC2=O)cc1. The van der Waals surface area contributed by atoms with Gasteiger partial charge < -0.3 is 19.3 Å². The van der Waals surface area contributed by atoms with E-state index in [4.69, 9.17) is 30.3 Å². The van der Waals surface area contributed by atoms with Crippen LogP contribution in [0.5, 0.6) is 11.5 Å². The van der Waals surface area contributed by atoms with Crippen LogP contribution in [0.25, 0.3) is 10.9 Å². The second-order valence-corrected chi connectivity index (χ2v) is 14.1. The van der Waals surface area contributed by atoms with Gasteiger partial charge >= 0.3 is 0 Å². The van der Waals surface area contributed by atoms with Gasteiger partial charge in [0.1, 0.15) is 22.4 Å². The predicted molar refractivity (Wildman–Crippen MR) is 180 cm³/mol. The quantitative estimate of drug-likeness (QED) is 0.207. The minimum Gasteiger partial charge on any atom is -0.457 e. The molecule has 0 aliphatic carbocycles. The third-order valence-electron chi connectivity index (χ3n) is 9.23. The monoisotopic (exact) mass is 628 g/mol. The molecule has 10 heteroatoms. The average molecular weight is 629 g/mol. The normalized spacial score (nSPS) is 20.3. The van der Waals surface area contributed by atoms with Crippen LogP contribution in [0.3, 0.4) is 0 Å². The lowest BCUT2D eigenvalue weighted by molar-refractivity contribution is -0.128. The third kappa shape index (κ3) is 7.56. The molecule has 1 amide bonds.